The molecule has 2 fully saturated rings. The van der Waals surface area contributed by atoms with Gasteiger partial charge in [0.25, 0.3) is 0 Å². The van der Waals surface area contributed by atoms with Crippen molar-refractivity contribution in [1.29, 1.82) is 0 Å². The fraction of sp³-hybridized carbons (Fsp3) is 0.652. The van der Waals surface area contributed by atoms with Crippen LogP contribution < -0.4 is 0 Å². The highest BCUT2D eigenvalue weighted by Gasteiger charge is 2.39. The maximum absolute atomic E-state index is 13.9. The second-order valence-electron chi connectivity index (χ2n) is 8.55. The highest BCUT2D eigenvalue weighted by molar-refractivity contribution is 5.30. The van der Waals surface area contributed by atoms with Gasteiger partial charge in [-0.2, -0.15) is 13.2 Å². The number of hydrogen-bond acceptors (Lipinski definition) is 0. The van der Waals surface area contributed by atoms with Gasteiger partial charge in [-0.3, -0.25) is 4.39 Å². The van der Waals surface area contributed by atoms with Crippen LogP contribution in [0.4, 0.5) is 26.3 Å². The van der Waals surface area contributed by atoms with Crippen LogP contribution in [0.5, 0.6) is 0 Å². The van der Waals surface area contributed by atoms with Crippen LogP contribution in [-0.2, 0) is 6.18 Å². The molecule has 2 aliphatic rings. The van der Waals surface area contributed by atoms with E-state index in [1.807, 2.05) is 6.08 Å². The van der Waals surface area contributed by atoms with Crippen molar-refractivity contribution in [3.05, 3.63) is 47.0 Å². The van der Waals surface area contributed by atoms with Crippen molar-refractivity contribution in [1.82, 2.24) is 0 Å². The second-order valence-corrected chi connectivity index (χ2v) is 8.55. The minimum absolute atomic E-state index is 0.0856. The van der Waals surface area contributed by atoms with Crippen molar-refractivity contribution < 1.29 is 26.3 Å². The molecule has 2 aliphatic carbocycles. The fourth-order valence-electron chi connectivity index (χ4n) is 5.18. The van der Waals surface area contributed by atoms with Gasteiger partial charge < -0.3 is 0 Å². The third kappa shape index (κ3) is 5.58. The van der Waals surface area contributed by atoms with Gasteiger partial charge in [0.1, 0.15) is 17.2 Å². The van der Waals surface area contributed by atoms with Crippen LogP contribution in [0.15, 0.2) is 24.3 Å². The van der Waals surface area contributed by atoms with Gasteiger partial charge >= 0.3 is 6.18 Å². The number of alkyl halides is 4. The molecule has 29 heavy (non-hydrogen) atoms. The third-order valence-corrected chi connectivity index (χ3v) is 6.76. The summed E-state index contributed by atoms with van der Waals surface area (Å²) in [7, 11) is 0. The van der Waals surface area contributed by atoms with Crippen molar-refractivity contribution in [3.8, 4) is 0 Å². The predicted octanol–water partition coefficient (Wildman–Crippen LogP) is 7.98. The summed E-state index contributed by atoms with van der Waals surface area (Å²) in [4.78, 5) is 0. The smallest absolute Gasteiger partial charge is 0.251 e. The second kappa shape index (κ2) is 9.57. The average molecular weight is 418 g/mol. The van der Waals surface area contributed by atoms with Crippen LogP contribution in [0.1, 0.15) is 74.8 Å². The molecule has 0 aromatic heterocycles. The van der Waals surface area contributed by atoms with Crippen LogP contribution in [0, 0.1) is 29.4 Å². The lowest BCUT2D eigenvalue weighted by Gasteiger charge is -2.37. The molecule has 6 heteroatoms. The quantitative estimate of drug-likeness (QED) is 0.336. The summed E-state index contributed by atoms with van der Waals surface area (Å²) in [6.45, 7) is -0.318. The zero-order valence-electron chi connectivity index (χ0n) is 16.5. The molecule has 1 aromatic rings. The Bertz CT molecular complexity index is 669. The van der Waals surface area contributed by atoms with E-state index in [4.69, 9.17) is 0 Å². The van der Waals surface area contributed by atoms with E-state index in [2.05, 4.69) is 6.08 Å². The van der Waals surface area contributed by atoms with Crippen LogP contribution in [0.3, 0.4) is 0 Å². The lowest BCUT2D eigenvalue weighted by Crippen LogP contribution is -2.25. The molecule has 0 saturated heterocycles. The monoisotopic (exact) mass is 418 g/mol. The average Bonchev–Trinajstić information content (AvgIpc) is 2.67. The van der Waals surface area contributed by atoms with Gasteiger partial charge in [-0.15, -0.1) is 0 Å². The first-order valence-corrected chi connectivity index (χ1v) is 10.6. The maximum atomic E-state index is 13.9. The molecule has 162 valence electrons. The van der Waals surface area contributed by atoms with Crippen molar-refractivity contribution >= 4 is 0 Å². The summed E-state index contributed by atoms with van der Waals surface area (Å²) in [5.41, 5.74) is -1.46. The Labute approximate surface area is 168 Å². The van der Waals surface area contributed by atoms with Crippen LogP contribution in [-0.4, -0.2) is 6.67 Å². The maximum Gasteiger partial charge on any atom is 0.422 e. The van der Waals surface area contributed by atoms with E-state index >= 15 is 0 Å². The Morgan fingerprint density at radius 1 is 0.828 bits per heavy atom. The van der Waals surface area contributed by atoms with Gasteiger partial charge in [0.15, 0.2) is 0 Å². The van der Waals surface area contributed by atoms with E-state index in [-0.39, 0.29) is 12.6 Å². The normalized spacial score (nSPS) is 28.8. The molecular weight excluding hydrogens is 390 g/mol. The van der Waals surface area contributed by atoms with Crippen molar-refractivity contribution in [2.45, 2.75) is 69.9 Å². The minimum atomic E-state index is -5.02. The Morgan fingerprint density at radius 3 is 1.83 bits per heavy atom. The molecule has 0 atom stereocenters. The van der Waals surface area contributed by atoms with Crippen molar-refractivity contribution in [3.63, 3.8) is 0 Å². The Balaban J connectivity index is 1.54. The molecule has 0 nitrogen and oxygen atoms in total. The highest BCUT2D eigenvalue weighted by atomic mass is 19.4. The highest BCUT2D eigenvalue weighted by Crippen LogP contribution is 2.45. The number of rotatable bonds is 5. The first-order valence-electron chi connectivity index (χ1n) is 10.6. The number of hydrogen-bond donors (Lipinski definition) is 0. The van der Waals surface area contributed by atoms with E-state index < -0.39 is 23.4 Å². The van der Waals surface area contributed by atoms with Gasteiger partial charge in [-0.25, -0.2) is 8.78 Å². The summed E-state index contributed by atoms with van der Waals surface area (Å²) in [5.74, 6) is -1.37. The van der Waals surface area contributed by atoms with E-state index in [0.717, 1.165) is 63.5 Å². The van der Waals surface area contributed by atoms with Gasteiger partial charge in [0.2, 0.25) is 0 Å². The van der Waals surface area contributed by atoms with Gasteiger partial charge in [0.05, 0.1) is 6.67 Å². The van der Waals surface area contributed by atoms with Crippen LogP contribution in [0.25, 0.3) is 0 Å². The van der Waals surface area contributed by atoms with Gasteiger partial charge in [0, 0.05) is 0 Å². The zero-order valence-corrected chi connectivity index (χ0v) is 16.5. The summed E-state index contributed by atoms with van der Waals surface area (Å²) >= 11 is 0. The van der Waals surface area contributed by atoms with Crippen LogP contribution >= 0.6 is 0 Å². The molecule has 0 unspecified atom stereocenters. The lowest BCUT2D eigenvalue weighted by atomic mass is 9.68. The first kappa shape index (κ1) is 22.2. The summed E-state index contributed by atoms with van der Waals surface area (Å²) in [6, 6.07) is 1.73. The molecular formula is C23H28F6. The van der Waals surface area contributed by atoms with Gasteiger partial charge in [-0.1, -0.05) is 12.2 Å². The number of halogens is 6. The Kier molecular flexibility index (Phi) is 7.33. The third-order valence-electron chi connectivity index (χ3n) is 6.76. The van der Waals surface area contributed by atoms with E-state index in [1.165, 1.54) is 0 Å². The van der Waals surface area contributed by atoms with Gasteiger partial charge in [-0.05, 0) is 99.2 Å². The molecule has 0 N–H and O–H groups in total. The van der Waals surface area contributed by atoms with Crippen molar-refractivity contribution in [2.75, 3.05) is 6.67 Å². The molecule has 0 aliphatic heterocycles. The first-order chi connectivity index (χ1) is 13.8. The molecule has 3 rings (SSSR count). The molecule has 0 spiro atoms. The lowest BCUT2D eigenvalue weighted by molar-refractivity contribution is -0.142. The summed E-state index contributed by atoms with van der Waals surface area (Å²) in [6.07, 6.45) is 7.44. The summed E-state index contributed by atoms with van der Waals surface area (Å²) in [5, 5.41) is 0. The largest absolute Gasteiger partial charge is 0.422 e. The molecule has 0 amide bonds. The minimum Gasteiger partial charge on any atom is -0.251 e. The summed E-state index contributed by atoms with van der Waals surface area (Å²) < 4.78 is 78.2. The predicted molar refractivity (Wildman–Crippen MR) is 101 cm³/mol. The molecule has 2 saturated carbocycles. The zero-order chi connectivity index (χ0) is 21.0. The van der Waals surface area contributed by atoms with E-state index in [0.29, 0.717) is 29.7 Å². The number of benzene rings is 1. The topological polar surface area (TPSA) is 0 Å². The Morgan fingerprint density at radius 2 is 1.34 bits per heavy atom. The van der Waals surface area contributed by atoms with E-state index in [9.17, 15) is 26.3 Å². The van der Waals surface area contributed by atoms with Crippen molar-refractivity contribution in [2.24, 2.45) is 17.8 Å². The molecule has 0 radical (unpaired) electrons. The van der Waals surface area contributed by atoms with E-state index in [1.54, 1.807) is 0 Å². The fourth-order valence-corrected chi connectivity index (χ4v) is 5.18. The molecule has 0 heterocycles. The SMILES string of the molecule is FCC/C=C/C1CCC(C2CCC(c3cc(F)c(C(F)(F)F)c(F)c3)CC2)CC1. The standard InChI is InChI=1S/C23H28F6/c24-12-2-1-3-15-4-6-16(7-5-15)17-8-10-18(11-9-17)19-13-20(25)22(21(26)14-19)23(27,28)29/h1,3,13-18H,2,4-12H2/b3-1+. The Hall–Kier alpha value is -1.46. The van der Waals surface area contributed by atoms with Crippen LogP contribution in [0.2, 0.25) is 0 Å². The number of allylic oxidation sites excluding steroid dienone is 2. The molecule has 1 aromatic carbocycles. The molecule has 0 bridgehead atoms.